The molecule has 11 rings (SSSR count). The van der Waals surface area contributed by atoms with Crippen LogP contribution in [0.15, 0.2) is 231 Å². The molecule has 0 amide bonds. The maximum absolute atomic E-state index is 5.02. The summed E-state index contributed by atoms with van der Waals surface area (Å²) in [7, 11) is -2.72. The Morgan fingerprint density at radius 1 is 0.386 bits per heavy atom. The molecule has 57 heavy (non-hydrogen) atoms. The van der Waals surface area contributed by atoms with E-state index in [9.17, 15) is 0 Å². The van der Waals surface area contributed by atoms with Crippen LogP contribution in [0.3, 0.4) is 0 Å². The average Bonchev–Trinajstić information content (AvgIpc) is 3.79. The van der Waals surface area contributed by atoms with Crippen LogP contribution in [0.25, 0.3) is 38.8 Å². The normalized spacial score (nSPS) is 13.1. The average molecular weight is 743 g/mol. The number of fused-ring (bicyclic) bond motifs is 6. The third-order valence-electron chi connectivity index (χ3n) is 12.3. The van der Waals surface area contributed by atoms with Crippen molar-refractivity contribution in [2.24, 2.45) is 0 Å². The highest BCUT2D eigenvalue weighted by Gasteiger charge is 2.47. The Hall–Kier alpha value is -7.07. The van der Waals surface area contributed by atoms with E-state index < -0.39 is 13.5 Å². The zero-order valence-electron chi connectivity index (χ0n) is 31.3. The summed E-state index contributed by atoms with van der Waals surface area (Å²) in [6, 6.07) is 83.3. The van der Waals surface area contributed by atoms with E-state index in [-0.39, 0.29) is 0 Å². The lowest BCUT2D eigenvalue weighted by Gasteiger charge is -2.36. The minimum atomic E-state index is -2.72. The van der Waals surface area contributed by atoms with Gasteiger partial charge in [-0.1, -0.05) is 188 Å². The van der Waals surface area contributed by atoms with E-state index in [1.807, 2.05) is 12.3 Å². The zero-order valence-corrected chi connectivity index (χ0v) is 32.3. The van der Waals surface area contributed by atoms with Crippen LogP contribution in [-0.2, 0) is 5.41 Å². The number of nitrogens with zero attached hydrogens (tertiary/aromatic N) is 2. The van der Waals surface area contributed by atoms with Gasteiger partial charge in [0.1, 0.15) is 0 Å². The molecular weight excluding hydrogens is 705 g/mol. The van der Waals surface area contributed by atoms with Crippen LogP contribution in [0.1, 0.15) is 22.3 Å². The fourth-order valence-electron chi connectivity index (χ4n) is 9.98. The first-order valence-electron chi connectivity index (χ1n) is 19.7. The van der Waals surface area contributed by atoms with Gasteiger partial charge in [-0.25, -0.2) is 0 Å². The van der Waals surface area contributed by atoms with Crippen molar-refractivity contribution in [1.82, 2.24) is 9.55 Å². The summed E-state index contributed by atoms with van der Waals surface area (Å²) in [5, 5.41) is 6.61. The first-order valence-corrected chi connectivity index (χ1v) is 21.7. The molecule has 2 aromatic heterocycles. The maximum Gasteiger partial charge on any atom is 0.179 e. The molecule has 2 nitrogen and oxygen atoms in total. The summed E-state index contributed by atoms with van der Waals surface area (Å²) in [6.07, 6.45) is 1.92. The van der Waals surface area contributed by atoms with Crippen molar-refractivity contribution in [3.05, 3.63) is 253 Å². The quantitative estimate of drug-likeness (QED) is 0.118. The van der Waals surface area contributed by atoms with Crippen molar-refractivity contribution in [3.63, 3.8) is 0 Å². The van der Waals surface area contributed by atoms with Crippen LogP contribution >= 0.6 is 0 Å². The molecule has 0 saturated carbocycles. The largest absolute Gasteiger partial charge is 0.308 e. The van der Waals surface area contributed by atoms with Crippen LogP contribution in [0.2, 0.25) is 0 Å². The minimum Gasteiger partial charge on any atom is -0.308 e. The van der Waals surface area contributed by atoms with Crippen molar-refractivity contribution in [2.45, 2.75) is 5.41 Å². The molecule has 0 N–H and O–H groups in total. The Morgan fingerprint density at radius 3 is 1.42 bits per heavy atom. The van der Waals surface area contributed by atoms with Crippen molar-refractivity contribution < 1.29 is 0 Å². The summed E-state index contributed by atoms with van der Waals surface area (Å²) in [5.41, 5.74) is 11.5. The first kappa shape index (κ1) is 33.3. The van der Waals surface area contributed by atoms with Gasteiger partial charge < -0.3 is 4.57 Å². The van der Waals surface area contributed by atoms with Crippen LogP contribution in [0, 0.1) is 0 Å². The number of rotatable bonds is 7. The molecule has 10 aromatic rings. The van der Waals surface area contributed by atoms with Crippen LogP contribution in [0.5, 0.6) is 0 Å². The number of pyridine rings is 1. The summed E-state index contributed by atoms with van der Waals surface area (Å²) in [4.78, 5) is 5.02. The molecule has 0 unspecified atom stereocenters. The Morgan fingerprint density at radius 2 is 0.860 bits per heavy atom. The van der Waals surface area contributed by atoms with Gasteiger partial charge in [-0.15, -0.1) is 0 Å². The molecule has 0 saturated heterocycles. The highest BCUT2D eigenvalue weighted by molar-refractivity contribution is 7.19. The number of hydrogen-bond acceptors (Lipinski definition) is 1. The van der Waals surface area contributed by atoms with Gasteiger partial charge in [0.2, 0.25) is 0 Å². The molecule has 3 heteroatoms. The van der Waals surface area contributed by atoms with Crippen LogP contribution < -0.4 is 20.7 Å². The van der Waals surface area contributed by atoms with E-state index in [1.54, 1.807) is 0 Å². The monoisotopic (exact) mass is 742 g/mol. The minimum absolute atomic E-state index is 0.563. The van der Waals surface area contributed by atoms with Gasteiger partial charge in [-0.3, -0.25) is 4.98 Å². The lowest BCUT2D eigenvalue weighted by atomic mass is 9.67. The fourth-order valence-corrected chi connectivity index (χ4v) is 14.7. The van der Waals surface area contributed by atoms with E-state index in [2.05, 4.69) is 223 Å². The summed E-state index contributed by atoms with van der Waals surface area (Å²) >= 11 is 0. The predicted molar refractivity (Wildman–Crippen MR) is 239 cm³/mol. The second-order valence-corrected chi connectivity index (χ2v) is 18.9. The van der Waals surface area contributed by atoms with E-state index in [0.717, 1.165) is 27.6 Å². The molecule has 0 aliphatic heterocycles. The molecule has 8 aromatic carbocycles. The number of para-hydroxylation sites is 1. The van der Waals surface area contributed by atoms with Gasteiger partial charge in [-0.05, 0) is 90.5 Å². The third-order valence-corrected chi connectivity index (χ3v) is 17.1. The summed E-state index contributed by atoms with van der Waals surface area (Å²) in [6.45, 7) is 0. The van der Waals surface area contributed by atoms with E-state index in [0.29, 0.717) is 0 Å². The lowest BCUT2D eigenvalue weighted by Crippen LogP contribution is -2.74. The number of benzene rings is 8. The van der Waals surface area contributed by atoms with Gasteiger partial charge in [0.05, 0.1) is 22.0 Å². The van der Waals surface area contributed by atoms with Crippen molar-refractivity contribution in [2.75, 3.05) is 0 Å². The number of hydrogen-bond donors (Lipinski definition) is 0. The molecule has 0 fully saturated rings. The highest BCUT2D eigenvalue weighted by atomic mass is 28.3. The first-order chi connectivity index (χ1) is 28.3. The molecule has 0 spiro atoms. The van der Waals surface area contributed by atoms with Gasteiger partial charge in [0, 0.05) is 17.3 Å². The van der Waals surface area contributed by atoms with Gasteiger partial charge in [0.15, 0.2) is 8.07 Å². The standard InChI is InChI=1S/C54H38N2Si/c1-5-18-41(19-6-1)56-51-36-33-40(38-48(51)53-52(56)30-17-37-55-53)54(49-28-15-13-26-46(49)47-27-14-16-29-50(47)54)39-31-34-45(35-32-39)57(42-20-7-2-8-21-42,43-22-9-3-10-23-43)44-24-11-4-12-25-44/h1-38H. The summed E-state index contributed by atoms with van der Waals surface area (Å²) in [5.74, 6) is 0. The zero-order chi connectivity index (χ0) is 37.8. The summed E-state index contributed by atoms with van der Waals surface area (Å²) < 4.78 is 2.35. The van der Waals surface area contributed by atoms with Gasteiger partial charge in [-0.2, -0.15) is 0 Å². The lowest BCUT2D eigenvalue weighted by molar-refractivity contribution is 0.770. The second kappa shape index (κ2) is 13.3. The van der Waals surface area contributed by atoms with Crippen LogP contribution in [0.4, 0.5) is 0 Å². The topological polar surface area (TPSA) is 17.8 Å². The maximum atomic E-state index is 5.02. The van der Waals surface area contributed by atoms with Crippen LogP contribution in [-0.4, -0.2) is 17.6 Å². The van der Waals surface area contributed by atoms with Gasteiger partial charge >= 0.3 is 0 Å². The van der Waals surface area contributed by atoms with Crippen molar-refractivity contribution in [3.8, 4) is 16.8 Å². The molecule has 1 aliphatic carbocycles. The molecular formula is C54H38N2Si. The van der Waals surface area contributed by atoms with E-state index in [4.69, 9.17) is 4.98 Å². The van der Waals surface area contributed by atoms with Crippen molar-refractivity contribution in [1.29, 1.82) is 0 Å². The van der Waals surface area contributed by atoms with E-state index in [1.165, 1.54) is 54.1 Å². The second-order valence-electron chi connectivity index (χ2n) is 15.0. The molecule has 0 atom stereocenters. The Kier molecular flexibility index (Phi) is 7.76. The Bertz CT molecular complexity index is 2900. The number of aromatic nitrogens is 2. The van der Waals surface area contributed by atoms with Crippen molar-refractivity contribution >= 4 is 50.8 Å². The van der Waals surface area contributed by atoms with Gasteiger partial charge in [0.25, 0.3) is 0 Å². The molecule has 268 valence electrons. The third kappa shape index (κ3) is 4.86. The molecule has 1 aliphatic rings. The predicted octanol–water partition coefficient (Wildman–Crippen LogP) is 9.92. The SMILES string of the molecule is c1ccc(-n2c3ccc(C4(c5ccc([Si](c6ccccc6)(c6ccccc6)c6ccccc6)cc5)c5ccccc5-c5ccccc54)cc3c3ncccc32)cc1. The smallest absolute Gasteiger partial charge is 0.179 e. The molecule has 0 radical (unpaired) electrons. The Balaban J connectivity index is 1.20. The Labute approximate surface area is 334 Å². The highest BCUT2D eigenvalue weighted by Crippen LogP contribution is 2.56. The van der Waals surface area contributed by atoms with E-state index >= 15 is 0 Å². The molecule has 0 bridgehead atoms. The fraction of sp³-hybridized carbons (Fsp3) is 0.0185. The molecule has 2 heterocycles.